The lowest BCUT2D eigenvalue weighted by Gasteiger charge is -2.35. The largest absolute Gasteiger partial charge is 0.497 e. The molecule has 1 fully saturated rings. The predicted octanol–water partition coefficient (Wildman–Crippen LogP) is 3.53. The Morgan fingerprint density at radius 1 is 1.36 bits per heavy atom. The molecule has 0 bridgehead atoms. The minimum Gasteiger partial charge on any atom is -0.497 e. The van der Waals surface area contributed by atoms with Crippen molar-refractivity contribution in [2.75, 3.05) is 13.7 Å². The normalized spacial score (nSPS) is 17.0. The van der Waals surface area contributed by atoms with Crippen LogP contribution in [0.1, 0.15) is 31.4 Å². The van der Waals surface area contributed by atoms with E-state index in [1.807, 2.05) is 40.0 Å². The van der Waals surface area contributed by atoms with Gasteiger partial charge in [-0.3, -0.25) is 4.68 Å². The molecule has 2 amide bonds. The van der Waals surface area contributed by atoms with E-state index < -0.39 is 0 Å². The van der Waals surface area contributed by atoms with E-state index in [0.717, 1.165) is 54.7 Å². The number of aromatic nitrogens is 3. The molecule has 0 radical (unpaired) electrons. The number of hydrogen-bond donors (Lipinski definition) is 2. The molecular formula is C21H27N5O2. The molecule has 1 saturated heterocycles. The van der Waals surface area contributed by atoms with E-state index in [0.29, 0.717) is 6.54 Å². The lowest BCUT2D eigenvalue weighted by Crippen LogP contribution is -2.48. The second-order valence-corrected chi connectivity index (χ2v) is 7.31. The molecule has 1 atom stereocenters. The third-order valence-electron chi connectivity index (χ3n) is 5.45. The van der Waals surface area contributed by atoms with Gasteiger partial charge in [0.25, 0.3) is 0 Å². The van der Waals surface area contributed by atoms with E-state index in [9.17, 15) is 4.79 Å². The van der Waals surface area contributed by atoms with E-state index in [2.05, 4.69) is 21.5 Å². The number of likely N-dealkylation sites (tertiary alicyclic amines) is 1. The van der Waals surface area contributed by atoms with Crippen molar-refractivity contribution >= 4 is 16.9 Å². The molecule has 1 aliphatic heterocycles. The first-order valence-corrected chi connectivity index (χ1v) is 9.90. The van der Waals surface area contributed by atoms with Crippen LogP contribution in [0.2, 0.25) is 0 Å². The van der Waals surface area contributed by atoms with Gasteiger partial charge < -0.3 is 19.9 Å². The second kappa shape index (κ2) is 8.37. The molecule has 7 heteroatoms. The minimum absolute atomic E-state index is 0.0152. The Morgan fingerprint density at radius 2 is 2.29 bits per heavy atom. The van der Waals surface area contributed by atoms with Gasteiger partial charge in [-0.05, 0) is 56.0 Å². The fourth-order valence-corrected chi connectivity index (χ4v) is 3.95. The summed E-state index contributed by atoms with van der Waals surface area (Å²) in [6.07, 6.45) is 8.00. The number of aromatic amines is 1. The Morgan fingerprint density at radius 3 is 3.11 bits per heavy atom. The van der Waals surface area contributed by atoms with Gasteiger partial charge in [-0.25, -0.2) is 4.79 Å². The van der Waals surface area contributed by atoms with Gasteiger partial charge in [-0.1, -0.05) is 0 Å². The summed E-state index contributed by atoms with van der Waals surface area (Å²) in [5.74, 6) is 0.829. The highest BCUT2D eigenvalue weighted by molar-refractivity contribution is 5.82. The predicted molar refractivity (Wildman–Crippen MR) is 108 cm³/mol. The number of amides is 2. The summed E-state index contributed by atoms with van der Waals surface area (Å²) in [6, 6.07) is 10.2. The molecule has 2 N–H and O–H groups in total. The fourth-order valence-electron chi connectivity index (χ4n) is 3.95. The number of H-pyrrole nitrogens is 1. The number of methoxy groups -OCH3 is 1. The Hall–Kier alpha value is -2.96. The van der Waals surface area contributed by atoms with Crippen LogP contribution in [0.3, 0.4) is 0 Å². The van der Waals surface area contributed by atoms with Gasteiger partial charge in [0.1, 0.15) is 5.75 Å². The molecule has 7 nitrogen and oxygen atoms in total. The molecule has 4 rings (SSSR count). The summed E-state index contributed by atoms with van der Waals surface area (Å²) in [7, 11) is 1.66. The number of nitrogens with zero attached hydrogens (tertiary/aromatic N) is 3. The molecule has 3 aromatic rings. The lowest BCUT2D eigenvalue weighted by molar-refractivity contribution is 0.143. The van der Waals surface area contributed by atoms with Crippen molar-refractivity contribution in [1.29, 1.82) is 0 Å². The summed E-state index contributed by atoms with van der Waals surface area (Å²) < 4.78 is 7.21. The minimum atomic E-state index is 0.0152. The first kappa shape index (κ1) is 18.4. The zero-order chi connectivity index (χ0) is 19.3. The highest BCUT2D eigenvalue weighted by atomic mass is 16.5. The zero-order valence-electron chi connectivity index (χ0n) is 16.2. The van der Waals surface area contributed by atoms with E-state index in [1.165, 1.54) is 6.42 Å². The number of urea groups is 1. The molecule has 0 saturated carbocycles. The average Bonchev–Trinajstić information content (AvgIpc) is 3.39. The Bertz CT molecular complexity index is 918. The first-order chi connectivity index (χ1) is 13.7. The number of carbonyl (C=O) groups excluding carboxylic acids is 1. The van der Waals surface area contributed by atoms with Crippen molar-refractivity contribution in [1.82, 2.24) is 25.0 Å². The van der Waals surface area contributed by atoms with Gasteiger partial charge in [-0.15, -0.1) is 0 Å². The second-order valence-electron chi connectivity index (χ2n) is 7.31. The van der Waals surface area contributed by atoms with Crippen LogP contribution in [-0.2, 0) is 13.1 Å². The summed E-state index contributed by atoms with van der Waals surface area (Å²) >= 11 is 0. The van der Waals surface area contributed by atoms with Crippen molar-refractivity contribution in [3.8, 4) is 5.75 Å². The highest BCUT2D eigenvalue weighted by Crippen LogP contribution is 2.22. The van der Waals surface area contributed by atoms with Crippen molar-refractivity contribution < 1.29 is 9.53 Å². The molecule has 0 aliphatic carbocycles. The summed E-state index contributed by atoms with van der Waals surface area (Å²) in [5.41, 5.74) is 2.03. The quantitative estimate of drug-likeness (QED) is 0.686. The third kappa shape index (κ3) is 4.13. The van der Waals surface area contributed by atoms with E-state index in [-0.39, 0.29) is 12.1 Å². The smallest absolute Gasteiger partial charge is 0.317 e. The van der Waals surface area contributed by atoms with E-state index in [4.69, 9.17) is 4.74 Å². The van der Waals surface area contributed by atoms with Crippen LogP contribution in [0.15, 0.2) is 42.7 Å². The van der Waals surface area contributed by atoms with Gasteiger partial charge in [0.15, 0.2) is 0 Å². The van der Waals surface area contributed by atoms with Gasteiger partial charge in [0.2, 0.25) is 0 Å². The SMILES string of the molecule is COc1ccc2[nH]c(CNC(=O)N3CCCC[C@@H]3CCn3cccn3)cc2c1. The van der Waals surface area contributed by atoms with E-state index >= 15 is 0 Å². The molecule has 148 valence electrons. The maximum absolute atomic E-state index is 12.8. The fraction of sp³-hybridized carbons (Fsp3) is 0.429. The number of nitrogens with one attached hydrogen (secondary N) is 2. The van der Waals surface area contributed by atoms with Crippen LogP contribution in [-0.4, -0.2) is 45.4 Å². The standard InChI is InChI=1S/C21H27N5O2/c1-28-19-6-7-20-16(14-19)13-17(24-20)15-22-21(27)26-11-3-2-5-18(26)8-12-25-10-4-9-23-25/h4,6-7,9-10,13-14,18,24H,2-3,5,8,11-12,15H2,1H3,(H,22,27)/t18-/m1/s1. The number of hydrogen-bond acceptors (Lipinski definition) is 3. The number of ether oxygens (including phenoxy) is 1. The maximum atomic E-state index is 12.8. The van der Waals surface area contributed by atoms with Gasteiger partial charge in [0.05, 0.1) is 13.7 Å². The Balaban J connectivity index is 1.36. The molecule has 1 aromatic carbocycles. The molecule has 0 unspecified atom stereocenters. The number of benzene rings is 1. The van der Waals surface area contributed by atoms with E-state index in [1.54, 1.807) is 13.3 Å². The molecular weight excluding hydrogens is 354 g/mol. The topological polar surface area (TPSA) is 75.2 Å². The van der Waals surface area contributed by atoms with Crippen LogP contribution >= 0.6 is 0 Å². The Kier molecular flexibility index (Phi) is 5.50. The summed E-state index contributed by atoms with van der Waals surface area (Å²) in [4.78, 5) is 18.2. The maximum Gasteiger partial charge on any atom is 0.317 e. The number of aryl methyl sites for hydroxylation is 1. The number of carbonyl (C=O) groups is 1. The van der Waals surface area contributed by atoms with Crippen molar-refractivity contribution in [3.63, 3.8) is 0 Å². The molecule has 0 spiro atoms. The zero-order valence-corrected chi connectivity index (χ0v) is 16.2. The van der Waals surface area contributed by atoms with Crippen molar-refractivity contribution in [2.24, 2.45) is 0 Å². The van der Waals surface area contributed by atoms with Gasteiger partial charge in [-0.2, -0.15) is 5.10 Å². The lowest BCUT2D eigenvalue weighted by atomic mass is 10.00. The summed E-state index contributed by atoms with van der Waals surface area (Å²) in [5, 5.41) is 8.43. The molecule has 2 aromatic heterocycles. The van der Waals surface area contributed by atoms with Crippen LogP contribution in [0.5, 0.6) is 5.75 Å². The van der Waals surface area contributed by atoms with Crippen molar-refractivity contribution in [2.45, 2.75) is 44.8 Å². The molecule has 3 heterocycles. The molecule has 28 heavy (non-hydrogen) atoms. The number of fused-ring (bicyclic) bond motifs is 1. The Labute approximate surface area is 164 Å². The monoisotopic (exact) mass is 381 g/mol. The van der Waals surface area contributed by atoms with Crippen LogP contribution in [0.4, 0.5) is 4.79 Å². The first-order valence-electron chi connectivity index (χ1n) is 9.90. The number of piperidine rings is 1. The van der Waals surface area contributed by atoms with Crippen LogP contribution in [0, 0.1) is 0 Å². The third-order valence-corrected chi connectivity index (χ3v) is 5.45. The van der Waals surface area contributed by atoms with Crippen LogP contribution in [0.25, 0.3) is 10.9 Å². The van der Waals surface area contributed by atoms with Gasteiger partial charge in [0, 0.05) is 48.1 Å². The van der Waals surface area contributed by atoms with Crippen LogP contribution < -0.4 is 10.1 Å². The highest BCUT2D eigenvalue weighted by Gasteiger charge is 2.26. The summed E-state index contributed by atoms with van der Waals surface area (Å²) in [6.45, 7) is 2.14. The number of rotatable bonds is 6. The average molecular weight is 381 g/mol. The molecule has 1 aliphatic rings. The van der Waals surface area contributed by atoms with Crippen molar-refractivity contribution in [3.05, 3.63) is 48.4 Å². The van der Waals surface area contributed by atoms with Gasteiger partial charge >= 0.3 is 6.03 Å².